The van der Waals surface area contributed by atoms with Gasteiger partial charge in [-0.2, -0.15) is 0 Å². The van der Waals surface area contributed by atoms with Crippen LogP contribution >= 0.6 is 0 Å². The number of urea groups is 1. The molecule has 1 aliphatic carbocycles. The number of rotatable bonds is 3. The number of halogens is 1. The fraction of sp³-hybridized carbons (Fsp3) is 0.533. The van der Waals surface area contributed by atoms with Gasteiger partial charge in [0.15, 0.2) is 0 Å². The van der Waals surface area contributed by atoms with Gasteiger partial charge in [0.2, 0.25) is 0 Å². The second-order valence-electron chi connectivity index (χ2n) is 5.48. The number of aliphatic hydroxyl groups is 1. The highest BCUT2D eigenvalue weighted by Crippen LogP contribution is 2.24. The molecule has 1 aromatic carbocycles. The van der Waals surface area contributed by atoms with Gasteiger partial charge in [0.25, 0.3) is 0 Å². The van der Waals surface area contributed by atoms with E-state index in [0.717, 1.165) is 31.2 Å². The Morgan fingerprint density at radius 3 is 2.70 bits per heavy atom. The number of carbonyl (C=O) groups is 1. The molecule has 0 aromatic heterocycles. The van der Waals surface area contributed by atoms with Crippen LogP contribution in [-0.2, 0) is 0 Å². The minimum Gasteiger partial charge on any atom is -0.396 e. The Kier molecular flexibility index (Phi) is 4.95. The highest BCUT2D eigenvalue weighted by Gasteiger charge is 2.22. The van der Waals surface area contributed by atoms with Crippen molar-refractivity contribution in [2.45, 2.75) is 38.6 Å². The number of hydrogen-bond donors (Lipinski definition) is 3. The second-order valence-corrected chi connectivity index (χ2v) is 5.48. The summed E-state index contributed by atoms with van der Waals surface area (Å²) in [7, 11) is 0. The van der Waals surface area contributed by atoms with Crippen molar-refractivity contribution in [3.8, 4) is 0 Å². The zero-order chi connectivity index (χ0) is 14.5. The number of hydrogen-bond acceptors (Lipinski definition) is 2. The molecule has 0 unspecified atom stereocenters. The maximum atomic E-state index is 13.5. The average Bonchev–Trinajstić information content (AvgIpc) is 2.43. The molecular formula is C15H21FN2O2. The summed E-state index contributed by atoms with van der Waals surface area (Å²) in [6.45, 7) is 2.06. The smallest absolute Gasteiger partial charge is 0.319 e. The van der Waals surface area contributed by atoms with E-state index in [1.807, 2.05) is 6.92 Å². The number of anilines is 1. The maximum Gasteiger partial charge on any atom is 0.319 e. The van der Waals surface area contributed by atoms with Crippen LogP contribution < -0.4 is 10.6 Å². The summed E-state index contributed by atoms with van der Waals surface area (Å²) in [5.41, 5.74) is 1.09. The summed E-state index contributed by atoms with van der Waals surface area (Å²) in [5, 5.41) is 14.5. The lowest BCUT2D eigenvalue weighted by Crippen LogP contribution is -2.40. The summed E-state index contributed by atoms with van der Waals surface area (Å²) in [6, 6.07) is 4.34. The first kappa shape index (κ1) is 14.8. The van der Waals surface area contributed by atoms with Gasteiger partial charge in [-0.05, 0) is 56.2 Å². The summed E-state index contributed by atoms with van der Waals surface area (Å²) in [4.78, 5) is 11.9. The lowest BCUT2D eigenvalue weighted by atomic mass is 9.87. The zero-order valence-corrected chi connectivity index (χ0v) is 11.7. The predicted molar refractivity (Wildman–Crippen MR) is 76.1 cm³/mol. The highest BCUT2D eigenvalue weighted by molar-refractivity contribution is 5.89. The number of amides is 2. The molecule has 0 aliphatic heterocycles. The van der Waals surface area contributed by atoms with E-state index in [4.69, 9.17) is 5.11 Å². The highest BCUT2D eigenvalue weighted by atomic mass is 19.1. The molecular weight excluding hydrogens is 259 g/mol. The van der Waals surface area contributed by atoms with E-state index in [1.165, 1.54) is 6.07 Å². The summed E-state index contributed by atoms with van der Waals surface area (Å²) in [6.07, 6.45) is 3.55. The molecule has 1 fully saturated rings. The van der Waals surface area contributed by atoms with E-state index in [0.29, 0.717) is 5.92 Å². The van der Waals surface area contributed by atoms with Crippen LogP contribution in [-0.4, -0.2) is 23.8 Å². The number of carbonyl (C=O) groups excluding carboxylic acids is 1. The van der Waals surface area contributed by atoms with Crippen LogP contribution in [0.25, 0.3) is 0 Å². The van der Waals surface area contributed by atoms with Gasteiger partial charge in [-0.1, -0.05) is 6.07 Å². The molecule has 5 heteroatoms. The minimum absolute atomic E-state index is 0.102. The molecule has 0 atom stereocenters. The number of nitrogens with one attached hydrogen (secondary N) is 2. The lowest BCUT2D eigenvalue weighted by Gasteiger charge is -2.28. The SMILES string of the molecule is Cc1ccc(F)c(NC(=O)NC2CCC(CO)CC2)c1. The van der Waals surface area contributed by atoms with Crippen LogP contribution in [0.2, 0.25) is 0 Å². The number of aryl methyl sites for hydroxylation is 1. The molecule has 110 valence electrons. The molecule has 0 spiro atoms. The van der Waals surface area contributed by atoms with Gasteiger partial charge in [-0.3, -0.25) is 0 Å². The molecule has 0 bridgehead atoms. The molecule has 1 aliphatic rings. The molecule has 20 heavy (non-hydrogen) atoms. The van der Waals surface area contributed by atoms with Gasteiger partial charge < -0.3 is 15.7 Å². The fourth-order valence-corrected chi connectivity index (χ4v) is 2.57. The first-order chi connectivity index (χ1) is 9.58. The van der Waals surface area contributed by atoms with Crippen LogP contribution in [0.5, 0.6) is 0 Å². The summed E-state index contributed by atoms with van der Waals surface area (Å²) in [5.74, 6) is -0.0833. The molecule has 1 saturated carbocycles. The quantitative estimate of drug-likeness (QED) is 0.797. The van der Waals surface area contributed by atoms with Gasteiger partial charge in [-0.15, -0.1) is 0 Å². The molecule has 4 nitrogen and oxygen atoms in total. The predicted octanol–water partition coefficient (Wildman–Crippen LogP) is 2.81. The molecule has 0 radical (unpaired) electrons. The van der Waals surface area contributed by atoms with Crippen molar-refractivity contribution in [1.29, 1.82) is 0 Å². The average molecular weight is 280 g/mol. The molecule has 2 rings (SSSR count). The van der Waals surface area contributed by atoms with E-state index in [-0.39, 0.29) is 24.4 Å². The van der Waals surface area contributed by atoms with Crippen molar-refractivity contribution in [2.75, 3.05) is 11.9 Å². The normalized spacial score (nSPS) is 22.4. The molecule has 3 N–H and O–H groups in total. The van der Waals surface area contributed by atoms with Crippen LogP contribution in [0.4, 0.5) is 14.9 Å². The van der Waals surface area contributed by atoms with Crippen LogP contribution in [0.15, 0.2) is 18.2 Å². The standard InChI is InChI=1S/C15H21FN2O2/c1-10-2-7-13(16)14(8-10)18-15(20)17-12-5-3-11(9-19)4-6-12/h2,7-8,11-12,19H,3-6,9H2,1H3,(H2,17,18,20). The Balaban J connectivity index is 1.85. The maximum absolute atomic E-state index is 13.5. The lowest BCUT2D eigenvalue weighted by molar-refractivity contribution is 0.176. The van der Waals surface area contributed by atoms with Gasteiger partial charge in [0, 0.05) is 12.6 Å². The Labute approximate surface area is 118 Å². The third-order valence-electron chi connectivity index (χ3n) is 3.81. The summed E-state index contributed by atoms with van der Waals surface area (Å²) < 4.78 is 13.5. The van der Waals surface area contributed by atoms with Gasteiger partial charge in [-0.25, -0.2) is 9.18 Å². The first-order valence-electron chi connectivity index (χ1n) is 7.03. The van der Waals surface area contributed by atoms with E-state index < -0.39 is 5.82 Å². The van der Waals surface area contributed by atoms with Crippen molar-refractivity contribution in [1.82, 2.24) is 5.32 Å². The van der Waals surface area contributed by atoms with Crippen molar-refractivity contribution >= 4 is 11.7 Å². The molecule has 0 heterocycles. The number of benzene rings is 1. The monoisotopic (exact) mass is 280 g/mol. The van der Waals surface area contributed by atoms with Gasteiger partial charge in [0.05, 0.1) is 5.69 Å². The van der Waals surface area contributed by atoms with Crippen molar-refractivity contribution < 1.29 is 14.3 Å². The van der Waals surface area contributed by atoms with E-state index in [1.54, 1.807) is 12.1 Å². The van der Waals surface area contributed by atoms with Crippen molar-refractivity contribution in [3.05, 3.63) is 29.6 Å². The minimum atomic E-state index is -0.435. The second kappa shape index (κ2) is 6.70. The van der Waals surface area contributed by atoms with E-state index >= 15 is 0 Å². The zero-order valence-electron chi connectivity index (χ0n) is 11.7. The van der Waals surface area contributed by atoms with Crippen LogP contribution in [0.3, 0.4) is 0 Å². The molecule has 2 amide bonds. The van der Waals surface area contributed by atoms with Gasteiger partial charge >= 0.3 is 6.03 Å². The van der Waals surface area contributed by atoms with Crippen molar-refractivity contribution in [2.24, 2.45) is 5.92 Å². The fourth-order valence-electron chi connectivity index (χ4n) is 2.57. The van der Waals surface area contributed by atoms with Crippen LogP contribution in [0.1, 0.15) is 31.2 Å². The topological polar surface area (TPSA) is 61.4 Å². The third-order valence-corrected chi connectivity index (χ3v) is 3.81. The largest absolute Gasteiger partial charge is 0.396 e. The van der Waals surface area contributed by atoms with Crippen molar-refractivity contribution in [3.63, 3.8) is 0 Å². The molecule has 0 saturated heterocycles. The Hall–Kier alpha value is -1.62. The van der Waals surface area contributed by atoms with Gasteiger partial charge in [0.1, 0.15) is 5.82 Å². The third kappa shape index (κ3) is 3.93. The van der Waals surface area contributed by atoms with Crippen LogP contribution in [0, 0.1) is 18.7 Å². The van der Waals surface area contributed by atoms with E-state index in [9.17, 15) is 9.18 Å². The summed E-state index contributed by atoms with van der Waals surface area (Å²) >= 11 is 0. The van der Waals surface area contributed by atoms with E-state index in [2.05, 4.69) is 10.6 Å². The number of aliphatic hydroxyl groups excluding tert-OH is 1. The Morgan fingerprint density at radius 2 is 2.05 bits per heavy atom. The molecule has 1 aromatic rings. The Morgan fingerprint density at radius 1 is 1.35 bits per heavy atom. The Bertz CT molecular complexity index is 471. The first-order valence-corrected chi connectivity index (χ1v) is 7.03.